The number of rotatable bonds is 11. The molecule has 1 atom stereocenters. The fourth-order valence-corrected chi connectivity index (χ4v) is 1.68. The van der Waals surface area contributed by atoms with Gasteiger partial charge in [0.25, 0.3) is 0 Å². The Kier molecular flexibility index (Phi) is 8.77. The number of benzene rings is 1. The fraction of sp³-hybridized carbons (Fsp3) is 0.500. The van der Waals surface area contributed by atoms with Crippen LogP contribution in [0.5, 0.6) is 5.75 Å². The van der Waals surface area contributed by atoms with Gasteiger partial charge in [0.15, 0.2) is 0 Å². The fourth-order valence-electron chi connectivity index (χ4n) is 1.68. The zero-order valence-corrected chi connectivity index (χ0v) is 11.7. The van der Waals surface area contributed by atoms with Gasteiger partial charge >= 0.3 is 0 Å². The van der Waals surface area contributed by atoms with Crippen LogP contribution in [0, 0.1) is 0 Å². The normalized spacial score (nSPS) is 12.1. The molecular formula is C16H24O3. The van der Waals surface area contributed by atoms with Gasteiger partial charge in [-0.2, -0.15) is 0 Å². The Balaban J connectivity index is 2.29. The van der Waals surface area contributed by atoms with Gasteiger partial charge in [-0.1, -0.05) is 24.3 Å². The van der Waals surface area contributed by atoms with Crippen molar-refractivity contribution < 1.29 is 14.2 Å². The molecule has 0 amide bonds. The zero-order chi connectivity index (χ0) is 13.8. The SMILES string of the molecule is C=CCCC(COc1ccccc1)OCCCOC. The Bertz CT molecular complexity index is 324. The summed E-state index contributed by atoms with van der Waals surface area (Å²) in [5.41, 5.74) is 0. The molecule has 3 heteroatoms. The van der Waals surface area contributed by atoms with E-state index < -0.39 is 0 Å². The number of allylic oxidation sites excluding steroid dienone is 1. The summed E-state index contributed by atoms with van der Waals surface area (Å²) in [6.07, 6.45) is 4.80. The molecule has 1 unspecified atom stereocenters. The predicted molar refractivity (Wildman–Crippen MR) is 77.6 cm³/mol. The quantitative estimate of drug-likeness (QED) is 0.452. The molecule has 0 N–H and O–H groups in total. The van der Waals surface area contributed by atoms with E-state index in [4.69, 9.17) is 14.2 Å². The van der Waals surface area contributed by atoms with E-state index in [0.29, 0.717) is 13.2 Å². The Hall–Kier alpha value is -1.32. The molecule has 1 aromatic rings. The molecule has 0 saturated carbocycles. The van der Waals surface area contributed by atoms with Gasteiger partial charge < -0.3 is 14.2 Å². The lowest BCUT2D eigenvalue weighted by molar-refractivity contribution is 0.00732. The molecule has 0 aliphatic carbocycles. The molecule has 0 radical (unpaired) electrons. The third-order valence-corrected chi connectivity index (χ3v) is 2.72. The largest absolute Gasteiger partial charge is 0.491 e. The number of para-hydroxylation sites is 1. The molecule has 3 nitrogen and oxygen atoms in total. The van der Waals surface area contributed by atoms with Crippen molar-refractivity contribution in [1.29, 1.82) is 0 Å². The van der Waals surface area contributed by atoms with Crippen LogP contribution in [0.25, 0.3) is 0 Å². The molecule has 1 aromatic carbocycles. The van der Waals surface area contributed by atoms with E-state index in [-0.39, 0.29) is 6.10 Å². The number of methoxy groups -OCH3 is 1. The van der Waals surface area contributed by atoms with E-state index in [9.17, 15) is 0 Å². The monoisotopic (exact) mass is 264 g/mol. The van der Waals surface area contributed by atoms with Crippen LogP contribution in [-0.4, -0.2) is 33.0 Å². The summed E-state index contributed by atoms with van der Waals surface area (Å²) in [5.74, 6) is 0.881. The smallest absolute Gasteiger partial charge is 0.119 e. The van der Waals surface area contributed by atoms with Gasteiger partial charge in [0.05, 0.1) is 6.10 Å². The second-order valence-electron chi connectivity index (χ2n) is 4.33. The van der Waals surface area contributed by atoms with E-state index in [1.165, 1.54) is 0 Å². The van der Waals surface area contributed by atoms with Crippen LogP contribution < -0.4 is 4.74 Å². The number of hydrogen-bond acceptors (Lipinski definition) is 3. The maximum atomic E-state index is 5.82. The van der Waals surface area contributed by atoms with Crippen LogP contribution in [0.15, 0.2) is 43.0 Å². The van der Waals surface area contributed by atoms with Crippen LogP contribution in [0.2, 0.25) is 0 Å². The minimum Gasteiger partial charge on any atom is -0.491 e. The second kappa shape index (κ2) is 10.6. The van der Waals surface area contributed by atoms with Crippen molar-refractivity contribution in [1.82, 2.24) is 0 Å². The molecule has 19 heavy (non-hydrogen) atoms. The van der Waals surface area contributed by atoms with Gasteiger partial charge in [0, 0.05) is 20.3 Å². The molecular weight excluding hydrogens is 240 g/mol. The lowest BCUT2D eigenvalue weighted by Gasteiger charge is -2.18. The summed E-state index contributed by atoms with van der Waals surface area (Å²) in [6, 6.07) is 9.81. The maximum absolute atomic E-state index is 5.82. The molecule has 106 valence electrons. The highest BCUT2D eigenvalue weighted by Gasteiger charge is 2.09. The van der Waals surface area contributed by atoms with Crippen LogP contribution in [0.4, 0.5) is 0 Å². The van der Waals surface area contributed by atoms with E-state index in [0.717, 1.165) is 31.6 Å². The summed E-state index contributed by atoms with van der Waals surface area (Å²) in [7, 11) is 1.70. The third kappa shape index (κ3) is 7.65. The van der Waals surface area contributed by atoms with E-state index in [1.54, 1.807) is 7.11 Å². The molecule has 0 bridgehead atoms. The molecule has 0 aliphatic rings. The standard InChI is InChI=1S/C16H24O3/c1-3-4-9-16(18-13-8-12-17-2)14-19-15-10-6-5-7-11-15/h3,5-7,10-11,16H,1,4,8-9,12-14H2,2H3. The van der Waals surface area contributed by atoms with Gasteiger partial charge in [-0.3, -0.25) is 0 Å². The Morgan fingerprint density at radius 1 is 1.21 bits per heavy atom. The van der Waals surface area contributed by atoms with Gasteiger partial charge in [-0.15, -0.1) is 6.58 Å². The lowest BCUT2D eigenvalue weighted by Crippen LogP contribution is -2.22. The summed E-state index contributed by atoms with van der Waals surface area (Å²) >= 11 is 0. The summed E-state index contributed by atoms with van der Waals surface area (Å²) in [6.45, 7) is 5.75. The molecule has 0 spiro atoms. The van der Waals surface area contributed by atoms with Crippen molar-refractivity contribution in [3.8, 4) is 5.75 Å². The highest BCUT2D eigenvalue weighted by atomic mass is 16.5. The highest BCUT2D eigenvalue weighted by molar-refractivity contribution is 5.20. The van der Waals surface area contributed by atoms with E-state index in [1.807, 2.05) is 36.4 Å². The van der Waals surface area contributed by atoms with Crippen molar-refractivity contribution in [2.24, 2.45) is 0 Å². The van der Waals surface area contributed by atoms with Gasteiger partial charge in [-0.25, -0.2) is 0 Å². The van der Waals surface area contributed by atoms with Crippen molar-refractivity contribution in [2.45, 2.75) is 25.4 Å². The molecule has 0 aromatic heterocycles. The Morgan fingerprint density at radius 2 is 2.00 bits per heavy atom. The first-order chi connectivity index (χ1) is 9.36. The van der Waals surface area contributed by atoms with E-state index in [2.05, 4.69) is 6.58 Å². The average Bonchev–Trinajstić information content (AvgIpc) is 2.46. The first-order valence-corrected chi connectivity index (χ1v) is 6.76. The van der Waals surface area contributed by atoms with Crippen LogP contribution >= 0.6 is 0 Å². The molecule has 0 aliphatic heterocycles. The van der Waals surface area contributed by atoms with Gasteiger partial charge in [0.1, 0.15) is 12.4 Å². The first-order valence-electron chi connectivity index (χ1n) is 6.76. The Morgan fingerprint density at radius 3 is 2.68 bits per heavy atom. The lowest BCUT2D eigenvalue weighted by atomic mass is 10.2. The molecule has 0 heterocycles. The van der Waals surface area contributed by atoms with Crippen molar-refractivity contribution in [2.75, 3.05) is 26.9 Å². The molecule has 0 saturated heterocycles. The minimum atomic E-state index is 0.107. The van der Waals surface area contributed by atoms with Crippen molar-refractivity contribution in [3.05, 3.63) is 43.0 Å². The summed E-state index contributed by atoms with van der Waals surface area (Å²) in [4.78, 5) is 0. The summed E-state index contributed by atoms with van der Waals surface area (Å²) in [5, 5.41) is 0. The van der Waals surface area contributed by atoms with Gasteiger partial charge in [-0.05, 0) is 31.4 Å². The second-order valence-corrected chi connectivity index (χ2v) is 4.33. The maximum Gasteiger partial charge on any atom is 0.119 e. The topological polar surface area (TPSA) is 27.7 Å². The predicted octanol–water partition coefficient (Wildman–Crippen LogP) is 3.45. The number of ether oxygens (including phenoxy) is 3. The van der Waals surface area contributed by atoms with Crippen LogP contribution in [0.1, 0.15) is 19.3 Å². The molecule has 0 fully saturated rings. The van der Waals surface area contributed by atoms with Crippen molar-refractivity contribution >= 4 is 0 Å². The number of hydrogen-bond donors (Lipinski definition) is 0. The average molecular weight is 264 g/mol. The van der Waals surface area contributed by atoms with Crippen LogP contribution in [0.3, 0.4) is 0 Å². The molecule has 1 rings (SSSR count). The summed E-state index contributed by atoms with van der Waals surface area (Å²) < 4.78 is 16.6. The first kappa shape index (κ1) is 15.7. The van der Waals surface area contributed by atoms with Crippen LogP contribution in [-0.2, 0) is 9.47 Å². The zero-order valence-electron chi connectivity index (χ0n) is 11.7. The third-order valence-electron chi connectivity index (χ3n) is 2.72. The minimum absolute atomic E-state index is 0.107. The highest BCUT2D eigenvalue weighted by Crippen LogP contribution is 2.11. The van der Waals surface area contributed by atoms with E-state index >= 15 is 0 Å². The van der Waals surface area contributed by atoms with Gasteiger partial charge in [0.2, 0.25) is 0 Å². The Labute approximate surface area is 116 Å². The van der Waals surface area contributed by atoms with Crippen molar-refractivity contribution in [3.63, 3.8) is 0 Å².